The fraction of sp³-hybridized carbons (Fsp3) is 0.0588. The highest BCUT2D eigenvalue weighted by atomic mass is 35.5. The van der Waals surface area contributed by atoms with Gasteiger partial charge in [0, 0.05) is 4.90 Å². The predicted octanol–water partition coefficient (Wildman–Crippen LogP) is 5.06. The van der Waals surface area contributed by atoms with Crippen LogP contribution in [-0.4, -0.2) is 18.1 Å². The van der Waals surface area contributed by atoms with Gasteiger partial charge in [-0.1, -0.05) is 41.4 Å². The van der Waals surface area contributed by atoms with Crippen molar-refractivity contribution < 1.29 is 9.53 Å². The van der Waals surface area contributed by atoms with Gasteiger partial charge >= 0.3 is 5.97 Å². The smallest absolute Gasteiger partial charge is 0.363 e. The number of ether oxygens (including phenoxy) is 1. The predicted molar refractivity (Wildman–Crippen MR) is 95.3 cm³/mol. The van der Waals surface area contributed by atoms with Crippen molar-refractivity contribution in [3.05, 3.63) is 69.3 Å². The number of carbonyl (C=O) groups is 1. The van der Waals surface area contributed by atoms with E-state index >= 15 is 0 Å². The Morgan fingerprint density at radius 1 is 1.13 bits per heavy atom. The first-order valence-electron chi connectivity index (χ1n) is 6.69. The Hall–Kier alpha value is -1.75. The molecule has 0 saturated heterocycles. The SMILES string of the molecule is CSc1ccc(C=C2N=C(c3cccc(Cl)c3Cl)OC2=O)cc1. The molecule has 116 valence electrons. The lowest BCUT2D eigenvalue weighted by atomic mass is 10.2. The van der Waals surface area contributed by atoms with Gasteiger partial charge in [-0.25, -0.2) is 9.79 Å². The van der Waals surface area contributed by atoms with Crippen LogP contribution in [0.1, 0.15) is 11.1 Å². The lowest BCUT2D eigenvalue weighted by Gasteiger charge is -2.03. The summed E-state index contributed by atoms with van der Waals surface area (Å²) in [7, 11) is 0. The minimum atomic E-state index is -0.509. The second-order valence-electron chi connectivity index (χ2n) is 4.71. The van der Waals surface area contributed by atoms with Gasteiger partial charge in [0.15, 0.2) is 5.70 Å². The van der Waals surface area contributed by atoms with Gasteiger partial charge in [-0.05, 0) is 42.2 Å². The molecule has 0 fully saturated rings. The molecule has 0 aromatic heterocycles. The molecule has 0 saturated carbocycles. The van der Waals surface area contributed by atoms with Crippen molar-refractivity contribution in [2.24, 2.45) is 4.99 Å². The fourth-order valence-corrected chi connectivity index (χ4v) is 2.84. The first-order valence-corrected chi connectivity index (χ1v) is 8.67. The van der Waals surface area contributed by atoms with Crippen LogP contribution >= 0.6 is 35.0 Å². The Balaban J connectivity index is 1.94. The summed E-state index contributed by atoms with van der Waals surface area (Å²) in [6.45, 7) is 0. The molecule has 1 aliphatic rings. The zero-order valence-electron chi connectivity index (χ0n) is 12.0. The molecule has 3 rings (SSSR count). The van der Waals surface area contributed by atoms with Crippen LogP contribution in [0.5, 0.6) is 0 Å². The summed E-state index contributed by atoms with van der Waals surface area (Å²) in [4.78, 5) is 17.4. The number of rotatable bonds is 3. The summed E-state index contributed by atoms with van der Waals surface area (Å²) < 4.78 is 5.21. The second-order valence-corrected chi connectivity index (χ2v) is 6.38. The van der Waals surface area contributed by atoms with Crippen LogP contribution in [0.4, 0.5) is 0 Å². The number of nitrogens with zero attached hydrogens (tertiary/aromatic N) is 1. The fourth-order valence-electron chi connectivity index (χ4n) is 2.05. The number of aliphatic imine (C=N–C) groups is 1. The standard InChI is InChI=1S/C17H11Cl2NO2S/c1-23-11-7-5-10(6-8-11)9-14-17(21)22-16(20-14)12-3-2-4-13(18)15(12)19/h2-9H,1H3. The highest BCUT2D eigenvalue weighted by Gasteiger charge is 2.26. The number of cyclic esters (lactones) is 1. The van der Waals surface area contributed by atoms with E-state index in [9.17, 15) is 4.79 Å². The van der Waals surface area contributed by atoms with Crippen LogP contribution < -0.4 is 0 Å². The van der Waals surface area contributed by atoms with E-state index in [2.05, 4.69) is 4.99 Å². The van der Waals surface area contributed by atoms with Crippen molar-refractivity contribution in [3.63, 3.8) is 0 Å². The second kappa shape index (κ2) is 6.79. The first kappa shape index (κ1) is 16.1. The normalized spacial score (nSPS) is 15.7. The van der Waals surface area contributed by atoms with Crippen LogP contribution in [-0.2, 0) is 9.53 Å². The van der Waals surface area contributed by atoms with Gasteiger partial charge < -0.3 is 4.74 Å². The topological polar surface area (TPSA) is 38.7 Å². The monoisotopic (exact) mass is 363 g/mol. The molecule has 0 atom stereocenters. The maximum atomic E-state index is 12.0. The molecule has 2 aromatic carbocycles. The zero-order valence-corrected chi connectivity index (χ0v) is 14.4. The maximum Gasteiger partial charge on any atom is 0.363 e. The minimum absolute atomic E-state index is 0.162. The highest BCUT2D eigenvalue weighted by molar-refractivity contribution is 7.98. The Bertz CT molecular complexity index is 829. The Morgan fingerprint density at radius 3 is 2.57 bits per heavy atom. The van der Waals surface area contributed by atoms with Crippen LogP contribution in [0.2, 0.25) is 10.0 Å². The molecule has 0 radical (unpaired) electrons. The van der Waals surface area contributed by atoms with Crippen LogP contribution in [0.15, 0.2) is 58.0 Å². The number of thioether (sulfide) groups is 1. The summed E-state index contributed by atoms with van der Waals surface area (Å²) in [5, 5.41) is 0.694. The Kier molecular flexibility index (Phi) is 4.76. The first-order chi connectivity index (χ1) is 11.1. The number of halogens is 2. The molecule has 3 nitrogen and oxygen atoms in total. The van der Waals surface area contributed by atoms with Crippen molar-refractivity contribution in [3.8, 4) is 0 Å². The molecule has 0 spiro atoms. The minimum Gasteiger partial charge on any atom is -0.402 e. The third-order valence-electron chi connectivity index (χ3n) is 3.22. The summed E-state index contributed by atoms with van der Waals surface area (Å²) >= 11 is 13.8. The third kappa shape index (κ3) is 3.44. The van der Waals surface area contributed by atoms with Crippen LogP contribution in [0.3, 0.4) is 0 Å². The van der Waals surface area contributed by atoms with E-state index in [1.165, 1.54) is 0 Å². The average molecular weight is 364 g/mol. The number of esters is 1. The molecule has 0 N–H and O–H groups in total. The van der Waals surface area contributed by atoms with Crippen molar-refractivity contribution in [1.29, 1.82) is 0 Å². The molecule has 0 aliphatic carbocycles. The quantitative estimate of drug-likeness (QED) is 0.434. The lowest BCUT2D eigenvalue weighted by Crippen LogP contribution is -2.06. The van der Waals surface area contributed by atoms with Crippen molar-refractivity contribution in [2.45, 2.75) is 4.90 Å². The Morgan fingerprint density at radius 2 is 1.87 bits per heavy atom. The molecule has 0 amide bonds. The van der Waals surface area contributed by atoms with E-state index in [0.29, 0.717) is 15.6 Å². The van der Waals surface area contributed by atoms with Gasteiger partial charge in [0.1, 0.15) is 0 Å². The summed E-state index contributed by atoms with van der Waals surface area (Å²) in [6.07, 6.45) is 3.69. The summed E-state index contributed by atoms with van der Waals surface area (Å²) in [5.74, 6) is -0.348. The van der Waals surface area contributed by atoms with E-state index < -0.39 is 5.97 Å². The number of hydrogen-bond donors (Lipinski definition) is 0. The molecule has 1 heterocycles. The van der Waals surface area contributed by atoms with Crippen LogP contribution in [0, 0.1) is 0 Å². The van der Waals surface area contributed by atoms with Gasteiger partial charge in [-0.15, -0.1) is 11.8 Å². The van der Waals surface area contributed by atoms with E-state index in [0.717, 1.165) is 10.5 Å². The van der Waals surface area contributed by atoms with Crippen molar-refractivity contribution in [2.75, 3.05) is 6.26 Å². The molecule has 1 aliphatic heterocycles. The molecule has 23 heavy (non-hydrogen) atoms. The van der Waals surface area contributed by atoms with Gasteiger partial charge in [0.25, 0.3) is 0 Å². The van der Waals surface area contributed by atoms with E-state index in [4.69, 9.17) is 27.9 Å². The van der Waals surface area contributed by atoms with E-state index in [1.807, 2.05) is 30.5 Å². The molecule has 6 heteroatoms. The van der Waals surface area contributed by atoms with Gasteiger partial charge in [-0.2, -0.15) is 0 Å². The third-order valence-corrected chi connectivity index (χ3v) is 4.78. The molecule has 0 unspecified atom stereocenters. The largest absolute Gasteiger partial charge is 0.402 e. The van der Waals surface area contributed by atoms with Gasteiger partial charge in [0.2, 0.25) is 5.90 Å². The number of benzene rings is 2. The molecular weight excluding hydrogens is 353 g/mol. The lowest BCUT2D eigenvalue weighted by molar-refractivity contribution is -0.129. The van der Waals surface area contributed by atoms with Crippen molar-refractivity contribution >= 4 is 52.9 Å². The summed E-state index contributed by atoms with van der Waals surface area (Å²) in [6, 6.07) is 12.9. The summed E-state index contributed by atoms with van der Waals surface area (Å²) in [5.41, 5.74) is 1.60. The zero-order chi connectivity index (χ0) is 16.4. The van der Waals surface area contributed by atoms with Gasteiger partial charge in [-0.3, -0.25) is 0 Å². The molecular formula is C17H11Cl2NO2S. The Labute approximate surface area is 148 Å². The van der Waals surface area contributed by atoms with Crippen molar-refractivity contribution in [1.82, 2.24) is 0 Å². The number of carbonyl (C=O) groups excluding carboxylic acids is 1. The number of hydrogen-bond acceptors (Lipinski definition) is 4. The maximum absolute atomic E-state index is 12.0. The molecule has 2 aromatic rings. The van der Waals surface area contributed by atoms with Gasteiger partial charge in [0.05, 0.1) is 15.6 Å². The highest BCUT2D eigenvalue weighted by Crippen LogP contribution is 2.29. The average Bonchev–Trinajstić information content (AvgIpc) is 2.91. The van der Waals surface area contributed by atoms with Crippen LogP contribution in [0.25, 0.3) is 6.08 Å². The molecule has 0 bridgehead atoms. The van der Waals surface area contributed by atoms with E-state index in [-0.39, 0.29) is 11.6 Å². The van der Waals surface area contributed by atoms with E-state index in [1.54, 1.807) is 36.0 Å².